The Balaban J connectivity index is 1.68. The molecule has 0 fully saturated rings. The summed E-state index contributed by atoms with van der Waals surface area (Å²) in [6.45, 7) is 3.93. The van der Waals surface area contributed by atoms with E-state index < -0.39 is 22.6 Å². The number of carbonyl (C=O) groups excluding carboxylic acids is 1. The van der Waals surface area contributed by atoms with Crippen molar-refractivity contribution in [3.8, 4) is 0 Å². The molecular formula is C25H29F2N5O2S. The second-order valence-electron chi connectivity index (χ2n) is 8.35. The SMILES string of the molecule is CO[C@@H](C)C(=O)N1N=C(c2cc(F)ccc2F)SC1(CCCNC1=NCCCN1)c1ccccc1. The van der Waals surface area contributed by atoms with E-state index in [0.717, 1.165) is 49.2 Å². The largest absolute Gasteiger partial charge is 0.372 e. The maximum Gasteiger partial charge on any atom is 0.273 e. The number of hydrogen-bond donors (Lipinski definition) is 2. The topological polar surface area (TPSA) is 78.3 Å². The number of aliphatic imine (C=N–C) groups is 1. The molecule has 4 rings (SSSR count). The fourth-order valence-electron chi connectivity index (χ4n) is 4.03. The molecule has 0 aromatic heterocycles. The van der Waals surface area contributed by atoms with E-state index in [0.29, 0.717) is 19.4 Å². The van der Waals surface area contributed by atoms with Crippen LogP contribution in [-0.2, 0) is 14.4 Å². The Hall–Kier alpha value is -2.98. The van der Waals surface area contributed by atoms with Crippen molar-refractivity contribution in [1.82, 2.24) is 15.6 Å². The average molecular weight is 502 g/mol. The molecule has 0 saturated carbocycles. The van der Waals surface area contributed by atoms with Crippen LogP contribution in [-0.4, -0.2) is 54.8 Å². The van der Waals surface area contributed by atoms with E-state index in [1.54, 1.807) is 6.92 Å². The first-order chi connectivity index (χ1) is 16.9. The average Bonchev–Trinajstić information content (AvgIpc) is 3.28. The van der Waals surface area contributed by atoms with Gasteiger partial charge in [-0.1, -0.05) is 42.1 Å². The molecule has 0 aliphatic carbocycles. The number of amides is 1. The van der Waals surface area contributed by atoms with Crippen molar-refractivity contribution in [3.63, 3.8) is 0 Å². The van der Waals surface area contributed by atoms with Crippen molar-refractivity contribution in [2.45, 2.75) is 37.2 Å². The van der Waals surface area contributed by atoms with Crippen LogP contribution in [0.4, 0.5) is 8.78 Å². The lowest BCUT2D eigenvalue weighted by Crippen LogP contribution is -2.46. The van der Waals surface area contributed by atoms with E-state index in [1.807, 2.05) is 30.3 Å². The van der Waals surface area contributed by atoms with Gasteiger partial charge in [-0.15, -0.1) is 0 Å². The molecular weight excluding hydrogens is 472 g/mol. The van der Waals surface area contributed by atoms with Gasteiger partial charge in [0.1, 0.15) is 27.7 Å². The molecule has 2 aliphatic rings. The normalized spacial score (nSPS) is 20.6. The number of hydrazone groups is 1. The molecule has 0 saturated heterocycles. The monoisotopic (exact) mass is 501 g/mol. The number of hydrogen-bond acceptors (Lipinski definition) is 7. The first-order valence-corrected chi connectivity index (χ1v) is 12.4. The van der Waals surface area contributed by atoms with Gasteiger partial charge in [-0.3, -0.25) is 9.79 Å². The Bertz CT molecular complexity index is 1110. The molecule has 7 nitrogen and oxygen atoms in total. The highest BCUT2D eigenvalue weighted by Crippen LogP contribution is 2.50. The molecule has 2 aromatic carbocycles. The number of carbonyl (C=O) groups is 1. The van der Waals surface area contributed by atoms with Crippen LogP contribution in [0.25, 0.3) is 0 Å². The number of nitrogens with one attached hydrogen (secondary N) is 2. The molecule has 2 atom stereocenters. The van der Waals surface area contributed by atoms with Crippen molar-refractivity contribution < 1.29 is 18.3 Å². The fourth-order valence-corrected chi connectivity index (χ4v) is 5.46. The number of methoxy groups -OCH3 is 1. The zero-order valence-corrected chi connectivity index (χ0v) is 20.6. The minimum absolute atomic E-state index is 0.0227. The van der Waals surface area contributed by atoms with Crippen molar-refractivity contribution in [2.24, 2.45) is 10.1 Å². The second-order valence-corrected chi connectivity index (χ2v) is 9.62. The zero-order valence-electron chi connectivity index (χ0n) is 19.8. The van der Waals surface area contributed by atoms with Crippen LogP contribution in [0.3, 0.4) is 0 Å². The summed E-state index contributed by atoms with van der Waals surface area (Å²) in [7, 11) is 1.45. The fraction of sp³-hybridized carbons (Fsp3) is 0.400. The Kier molecular flexibility index (Phi) is 8.02. The van der Waals surface area contributed by atoms with E-state index in [-0.39, 0.29) is 16.5 Å². The Morgan fingerprint density at radius 2 is 2.09 bits per heavy atom. The van der Waals surface area contributed by atoms with Crippen molar-refractivity contribution in [3.05, 3.63) is 71.3 Å². The first-order valence-electron chi connectivity index (χ1n) is 11.6. The van der Waals surface area contributed by atoms with Gasteiger partial charge in [-0.25, -0.2) is 13.8 Å². The minimum atomic E-state index is -0.956. The second kappa shape index (κ2) is 11.2. The number of benzene rings is 2. The van der Waals surface area contributed by atoms with E-state index in [9.17, 15) is 13.6 Å². The van der Waals surface area contributed by atoms with Crippen LogP contribution >= 0.6 is 11.8 Å². The maximum absolute atomic E-state index is 14.7. The highest BCUT2D eigenvalue weighted by Gasteiger charge is 2.49. The van der Waals surface area contributed by atoms with Gasteiger partial charge in [0.05, 0.1) is 0 Å². The summed E-state index contributed by atoms with van der Waals surface area (Å²) in [6, 6.07) is 12.8. The van der Waals surface area contributed by atoms with Crippen LogP contribution in [0, 0.1) is 11.6 Å². The lowest BCUT2D eigenvalue weighted by Gasteiger charge is -2.37. The molecule has 2 aromatic rings. The third kappa shape index (κ3) is 5.48. The predicted molar refractivity (Wildman–Crippen MR) is 134 cm³/mol. The number of thioether (sulfide) groups is 1. The Morgan fingerprint density at radius 3 is 2.80 bits per heavy atom. The Labute approximate surface area is 208 Å². The van der Waals surface area contributed by atoms with Crippen LogP contribution < -0.4 is 10.6 Å². The van der Waals surface area contributed by atoms with Gasteiger partial charge in [0.15, 0.2) is 5.96 Å². The molecule has 186 valence electrons. The van der Waals surface area contributed by atoms with Crippen LogP contribution in [0.2, 0.25) is 0 Å². The molecule has 0 spiro atoms. The number of ether oxygens (including phenoxy) is 1. The van der Waals surface area contributed by atoms with E-state index in [1.165, 1.54) is 23.9 Å². The van der Waals surface area contributed by atoms with Gasteiger partial charge >= 0.3 is 0 Å². The summed E-state index contributed by atoms with van der Waals surface area (Å²) in [5, 5.41) is 12.7. The van der Waals surface area contributed by atoms with Gasteiger partial charge in [0.25, 0.3) is 5.91 Å². The summed E-state index contributed by atoms with van der Waals surface area (Å²) >= 11 is 1.26. The van der Waals surface area contributed by atoms with E-state index in [4.69, 9.17) is 4.74 Å². The van der Waals surface area contributed by atoms with Gasteiger partial charge in [0.2, 0.25) is 0 Å². The van der Waals surface area contributed by atoms with Crippen molar-refractivity contribution >= 4 is 28.7 Å². The summed E-state index contributed by atoms with van der Waals surface area (Å²) in [5.74, 6) is -0.766. The quantitative estimate of drug-likeness (QED) is 0.538. The lowest BCUT2D eigenvalue weighted by molar-refractivity contribution is -0.144. The van der Waals surface area contributed by atoms with Gasteiger partial charge in [-0.05, 0) is 49.9 Å². The molecule has 10 heteroatoms. The van der Waals surface area contributed by atoms with Crippen molar-refractivity contribution in [1.29, 1.82) is 0 Å². The van der Waals surface area contributed by atoms with Crippen molar-refractivity contribution in [2.75, 3.05) is 26.7 Å². The predicted octanol–water partition coefficient (Wildman–Crippen LogP) is 3.81. The van der Waals surface area contributed by atoms with Gasteiger partial charge in [-0.2, -0.15) is 5.10 Å². The van der Waals surface area contributed by atoms with E-state index >= 15 is 0 Å². The number of nitrogens with zero attached hydrogens (tertiary/aromatic N) is 3. The van der Waals surface area contributed by atoms with Gasteiger partial charge < -0.3 is 15.4 Å². The van der Waals surface area contributed by atoms with Crippen LogP contribution in [0.15, 0.2) is 58.6 Å². The smallest absolute Gasteiger partial charge is 0.273 e. The third-order valence-electron chi connectivity index (χ3n) is 5.97. The molecule has 2 heterocycles. The highest BCUT2D eigenvalue weighted by molar-refractivity contribution is 8.15. The summed E-state index contributed by atoms with van der Waals surface area (Å²) in [4.78, 5) is 16.9. The summed E-state index contributed by atoms with van der Waals surface area (Å²) < 4.78 is 34.0. The third-order valence-corrected chi connectivity index (χ3v) is 7.42. The highest BCUT2D eigenvalue weighted by atomic mass is 32.2. The molecule has 2 N–H and O–H groups in total. The number of guanidine groups is 1. The zero-order chi connectivity index (χ0) is 24.8. The lowest BCUT2D eigenvalue weighted by atomic mass is 9.99. The number of halogens is 2. The Morgan fingerprint density at radius 1 is 1.29 bits per heavy atom. The first kappa shape index (κ1) is 25.1. The summed E-state index contributed by atoms with van der Waals surface area (Å²) in [5.41, 5.74) is 0.861. The minimum Gasteiger partial charge on any atom is -0.372 e. The summed E-state index contributed by atoms with van der Waals surface area (Å²) in [6.07, 6.45) is 1.42. The molecule has 0 bridgehead atoms. The molecule has 1 amide bonds. The van der Waals surface area contributed by atoms with Crippen LogP contribution in [0.1, 0.15) is 37.3 Å². The molecule has 0 radical (unpaired) electrons. The van der Waals surface area contributed by atoms with E-state index in [2.05, 4.69) is 20.7 Å². The van der Waals surface area contributed by atoms with Gasteiger partial charge in [0, 0.05) is 32.3 Å². The molecule has 2 aliphatic heterocycles. The molecule has 35 heavy (non-hydrogen) atoms. The number of rotatable bonds is 8. The standard InChI is InChI=1S/C25H29F2N5O2S/c1-17(34-2)23(33)32-25(18-8-4-3-5-9-18,12-6-13-28-24-29-14-7-15-30-24)35-22(31-32)20-16-19(26)10-11-21(20)27/h3-5,8-11,16-17H,6-7,12-15H2,1-2H3,(H2,28,29,30)/t17-,25?/m0/s1. The maximum atomic E-state index is 14.7. The van der Waals surface area contributed by atoms with Crippen LogP contribution in [0.5, 0.6) is 0 Å². The molecule has 1 unspecified atom stereocenters.